The summed E-state index contributed by atoms with van der Waals surface area (Å²) in [6, 6.07) is 0. The summed E-state index contributed by atoms with van der Waals surface area (Å²) in [6.45, 7) is 3.51. The fraction of sp³-hybridized carbons (Fsp3) is 0.600. The first-order valence-electron chi connectivity index (χ1n) is 4.95. The zero-order chi connectivity index (χ0) is 11.1. The van der Waals surface area contributed by atoms with Gasteiger partial charge in [0.1, 0.15) is 0 Å². The minimum absolute atomic E-state index is 0.567. The average Bonchev–Trinajstić information content (AvgIpc) is 2.57. The van der Waals surface area contributed by atoms with Crippen molar-refractivity contribution in [2.24, 2.45) is 5.73 Å². The van der Waals surface area contributed by atoms with Crippen LogP contribution in [0.4, 0.5) is 0 Å². The molecule has 0 aromatic carbocycles. The predicted octanol–water partition coefficient (Wildman–Crippen LogP) is 2.08. The Balaban J connectivity index is 2.03. The molecule has 84 valence electrons. The molecule has 0 fully saturated rings. The van der Waals surface area contributed by atoms with Crippen LogP contribution in [-0.4, -0.2) is 23.2 Å². The van der Waals surface area contributed by atoms with E-state index in [1.165, 1.54) is 4.88 Å². The minimum atomic E-state index is 0.567. The van der Waals surface area contributed by atoms with Gasteiger partial charge in [-0.3, -0.25) is 0 Å². The first kappa shape index (κ1) is 12.5. The molecule has 0 unspecified atom stereocenters. The van der Waals surface area contributed by atoms with Crippen molar-refractivity contribution in [3.05, 3.63) is 16.1 Å². The molecular weight excluding hydrogens is 228 g/mol. The molecular formula is C10H16N2OS2. The van der Waals surface area contributed by atoms with E-state index in [1.54, 1.807) is 11.3 Å². The van der Waals surface area contributed by atoms with Crippen molar-refractivity contribution in [1.29, 1.82) is 0 Å². The van der Waals surface area contributed by atoms with Gasteiger partial charge in [-0.15, -0.1) is 11.3 Å². The molecule has 0 radical (unpaired) electrons. The molecule has 15 heavy (non-hydrogen) atoms. The lowest BCUT2D eigenvalue weighted by Crippen LogP contribution is -2.09. The maximum absolute atomic E-state index is 5.48. The van der Waals surface area contributed by atoms with Crippen molar-refractivity contribution in [2.45, 2.75) is 26.2 Å². The van der Waals surface area contributed by atoms with Gasteiger partial charge in [-0.2, -0.15) is 0 Å². The molecule has 0 aliphatic carbocycles. The fourth-order valence-electron chi connectivity index (χ4n) is 1.18. The summed E-state index contributed by atoms with van der Waals surface area (Å²) in [4.78, 5) is 6.06. The van der Waals surface area contributed by atoms with Crippen LogP contribution in [0, 0.1) is 6.92 Å². The lowest BCUT2D eigenvalue weighted by Gasteiger charge is -2.02. The van der Waals surface area contributed by atoms with Crippen LogP contribution >= 0.6 is 23.6 Å². The van der Waals surface area contributed by atoms with E-state index in [9.17, 15) is 0 Å². The molecule has 0 aliphatic rings. The van der Waals surface area contributed by atoms with Crippen LogP contribution in [0.3, 0.4) is 0 Å². The van der Waals surface area contributed by atoms with E-state index in [2.05, 4.69) is 4.98 Å². The number of thiazole rings is 1. The third-order valence-electron chi connectivity index (χ3n) is 2.03. The maximum atomic E-state index is 5.48. The highest BCUT2D eigenvalue weighted by Gasteiger charge is 2.00. The first-order chi connectivity index (χ1) is 7.20. The lowest BCUT2D eigenvalue weighted by molar-refractivity contribution is 0.136. The molecule has 1 aromatic heterocycles. The van der Waals surface area contributed by atoms with Crippen LogP contribution in [0.5, 0.6) is 0 Å². The van der Waals surface area contributed by atoms with Crippen molar-refractivity contribution in [3.63, 3.8) is 0 Å². The van der Waals surface area contributed by atoms with Gasteiger partial charge in [-0.1, -0.05) is 12.2 Å². The minimum Gasteiger partial charge on any atom is -0.393 e. The number of aryl methyl sites for hydroxylation is 1. The van der Waals surface area contributed by atoms with E-state index in [1.807, 2.05) is 12.4 Å². The summed E-state index contributed by atoms with van der Waals surface area (Å²) in [5, 5.41) is 0. The van der Waals surface area contributed by atoms with Gasteiger partial charge in [0.2, 0.25) is 0 Å². The van der Waals surface area contributed by atoms with Crippen molar-refractivity contribution >= 4 is 28.5 Å². The molecule has 0 amide bonds. The quantitative estimate of drug-likeness (QED) is 0.589. The van der Waals surface area contributed by atoms with E-state index in [-0.39, 0.29) is 0 Å². The maximum Gasteiger partial charge on any atom is 0.0797 e. The Labute approximate surface area is 99.7 Å². The largest absolute Gasteiger partial charge is 0.393 e. The van der Waals surface area contributed by atoms with Gasteiger partial charge in [0, 0.05) is 17.9 Å². The van der Waals surface area contributed by atoms with Gasteiger partial charge in [0.15, 0.2) is 0 Å². The molecule has 2 N–H and O–H groups in total. The Morgan fingerprint density at radius 3 is 3.00 bits per heavy atom. The van der Waals surface area contributed by atoms with Crippen LogP contribution in [-0.2, 0) is 11.2 Å². The van der Waals surface area contributed by atoms with Gasteiger partial charge in [0.25, 0.3) is 0 Å². The number of thiocarbonyl (C=S) groups is 1. The average molecular weight is 244 g/mol. The number of nitrogens with two attached hydrogens (primary N) is 1. The second kappa shape index (κ2) is 6.87. The third kappa shape index (κ3) is 5.20. The summed E-state index contributed by atoms with van der Waals surface area (Å²) in [5.74, 6) is 0. The molecule has 0 saturated heterocycles. The van der Waals surface area contributed by atoms with E-state index in [0.717, 1.165) is 38.2 Å². The van der Waals surface area contributed by atoms with Gasteiger partial charge in [0.05, 0.1) is 22.8 Å². The molecule has 0 spiro atoms. The van der Waals surface area contributed by atoms with Crippen LogP contribution in [0.2, 0.25) is 0 Å². The predicted molar refractivity (Wildman–Crippen MR) is 67.4 cm³/mol. The molecule has 1 heterocycles. The Hall–Kier alpha value is -0.520. The number of hydrogen-bond acceptors (Lipinski definition) is 4. The Morgan fingerprint density at radius 2 is 2.40 bits per heavy atom. The third-order valence-corrected chi connectivity index (χ3v) is 3.23. The van der Waals surface area contributed by atoms with Crippen molar-refractivity contribution in [1.82, 2.24) is 4.98 Å². The van der Waals surface area contributed by atoms with Gasteiger partial charge >= 0.3 is 0 Å². The monoisotopic (exact) mass is 244 g/mol. The molecule has 1 rings (SSSR count). The summed E-state index contributed by atoms with van der Waals surface area (Å²) in [7, 11) is 0. The highest BCUT2D eigenvalue weighted by molar-refractivity contribution is 7.80. The Bertz CT molecular complexity index is 312. The standard InChI is InChI=1S/C10H16N2OS2/c1-8-9(15-7-12-8)4-6-13-5-2-3-10(11)14/h7H,2-6H2,1H3,(H2,11,14). The molecule has 5 heteroatoms. The SMILES string of the molecule is Cc1ncsc1CCOCCCC(N)=S. The molecule has 1 aromatic rings. The summed E-state index contributed by atoms with van der Waals surface area (Å²) < 4.78 is 5.48. The number of ether oxygens (including phenoxy) is 1. The number of nitrogens with zero attached hydrogens (tertiary/aromatic N) is 1. The second-order valence-electron chi connectivity index (χ2n) is 3.29. The summed E-state index contributed by atoms with van der Waals surface area (Å²) in [5.41, 5.74) is 8.36. The van der Waals surface area contributed by atoms with E-state index >= 15 is 0 Å². The van der Waals surface area contributed by atoms with Crippen molar-refractivity contribution in [2.75, 3.05) is 13.2 Å². The van der Waals surface area contributed by atoms with Crippen LogP contribution in [0.25, 0.3) is 0 Å². The van der Waals surface area contributed by atoms with Gasteiger partial charge in [-0.05, 0) is 19.8 Å². The smallest absolute Gasteiger partial charge is 0.0797 e. The Morgan fingerprint density at radius 1 is 1.60 bits per heavy atom. The van der Waals surface area contributed by atoms with E-state index in [0.29, 0.717) is 4.99 Å². The van der Waals surface area contributed by atoms with Crippen molar-refractivity contribution in [3.8, 4) is 0 Å². The van der Waals surface area contributed by atoms with E-state index < -0.39 is 0 Å². The fourth-order valence-corrected chi connectivity index (χ4v) is 2.09. The first-order valence-corrected chi connectivity index (χ1v) is 6.24. The summed E-state index contributed by atoms with van der Waals surface area (Å²) in [6.07, 6.45) is 2.63. The van der Waals surface area contributed by atoms with Crippen LogP contribution in [0.1, 0.15) is 23.4 Å². The van der Waals surface area contributed by atoms with E-state index in [4.69, 9.17) is 22.7 Å². The van der Waals surface area contributed by atoms with Crippen LogP contribution in [0.15, 0.2) is 5.51 Å². The normalized spacial score (nSPS) is 10.5. The topological polar surface area (TPSA) is 48.1 Å². The number of aromatic nitrogens is 1. The zero-order valence-electron chi connectivity index (χ0n) is 8.86. The summed E-state index contributed by atoms with van der Waals surface area (Å²) >= 11 is 6.46. The molecule has 0 atom stereocenters. The lowest BCUT2D eigenvalue weighted by atomic mass is 10.3. The zero-order valence-corrected chi connectivity index (χ0v) is 10.5. The van der Waals surface area contributed by atoms with Gasteiger partial charge < -0.3 is 10.5 Å². The molecule has 0 aliphatic heterocycles. The van der Waals surface area contributed by atoms with Crippen molar-refractivity contribution < 1.29 is 4.74 Å². The highest BCUT2D eigenvalue weighted by Crippen LogP contribution is 2.12. The molecule has 3 nitrogen and oxygen atoms in total. The molecule has 0 saturated carbocycles. The molecule has 0 bridgehead atoms. The van der Waals surface area contributed by atoms with Gasteiger partial charge in [-0.25, -0.2) is 4.98 Å². The highest BCUT2D eigenvalue weighted by atomic mass is 32.1. The Kier molecular flexibility index (Phi) is 5.75. The second-order valence-corrected chi connectivity index (χ2v) is 4.76. The van der Waals surface area contributed by atoms with Crippen LogP contribution < -0.4 is 5.73 Å². The number of rotatable bonds is 7. The number of hydrogen-bond donors (Lipinski definition) is 1.